The molecule has 3 nitrogen and oxygen atoms in total. The average Bonchev–Trinajstić information content (AvgIpc) is 2.42. The van der Waals surface area contributed by atoms with Gasteiger partial charge in [-0.2, -0.15) is 0 Å². The number of hydrogen-bond donors (Lipinski definition) is 1. The van der Waals surface area contributed by atoms with E-state index < -0.39 is 0 Å². The number of hydrogen-bond acceptors (Lipinski definition) is 3. The lowest BCUT2D eigenvalue weighted by atomic mass is 10.1. The highest BCUT2D eigenvalue weighted by atomic mass is 19.1. The molecule has 0 unspecified atom stereocenters. The van der Waals surface area contributed by atoms with E-state index in [4.69, 9.17) is 4.74 Å². The topological polar surface area (TPSA) is 24.5 Å². The van der Waals surface area contributed by atoms with Crippen molar-refractivity contribution in [3.8, 4) is 0 Å². The maximum atomic E-state index is 13.9. The maximum absolute atomic E-state index is 13.9. The van der Waals surface area contributed by atoms with Crippen molar-refractivity contribution < 1.29 is 9.13 Å². The number of methoxy groups -OCH3 is 1. The van der Waals surface area contributed by atoms with Gasteiger partial charge in [0.2, 0.25) is 0 Å². The fraction of sp³-hybridized carbons (Fsp3) is 0.571. The minimum atomic E-state index is -0.0952. The molecule has 0 saturated carbocycles. The molecule has 0 atom stereocenters. The highest BCUT2D eigenvalue weighted by Gasteiger charge is 2.12. The van der Waals surface area contributed by atoms with Gasteiger partial charge in [-0.05, 0) is 30.5 Å². The standard InChI is InChI=1S/C14H21FN2O/c1-18-10-2-3-12-4-5-13(11-14(12)15)17-8-6-16-7-9-17/h4-5,11,16H,2-3,6-10H2,1H3. The molecule has 0 amide bonds. The maximum Gasteiger partial charge on any atom is 0.128 e. The van der Waals surface area contributed by atoms with Crippen LogP contribution >= 0.6 is 0 Å². The Morgan fingerprint density at radius 2 is 2.11 bits per heavy atom. The summed E-state index contributed by atoms with van der Waals surface area (Å²) >= 11 is 0. The molecule has 100 valence electrons. The van der Waals surface area contributed by atoms with Crippen LogP contribution in [0.2, 0.25) is 0 Å². The molecule has 1 N–H and O–H groups in total. The van der Waals surface area contributed by atoms with E-state index in [0.717, 1.165) is 50.3 Å². The lowest BCUT2D eigenvalue weighted by molar-refractivity contribution is 0.195. The minimum absolute atomic E-state index is 0.0952. The predicted octanol–water partition coefficient (Wildman–Crippen LogP) is 1.81. The largest absolute Gasteiger partial charge is 0.385 e. The summed E-state index contributed by atoms with van der Waals surface area (Å²) in [5.74, 6) is -0.0952. The fourth-order valence-corrected chi connectivity index (χ4v) is 2.27. The second-order valence-electron chi connectivity index (χ2n) is 4.61. The molecule has 0 spiro atoms. The highest BCUT2D eigenvalue weighted by Crippen LogP contribution is 2.20. The Morgan fingerprint density at radius 1 is 1.33 bits per heavy atom. The van der Waals surface area contributed by atoms with Crippen molar-refractivity contribution in [1.29, 1.82) is 0 Å². The quantitative estimate of drug-likeness (QED) is 0.809. The molecule has 18 heavy (non-hydrogen) atoms. The summed E-state index contributed by atoms with van der Waals surface area (Å²) in [6.07, 6.45) is 1.60. The van der Waals surface area contributed by atoms with Crippen molar-refractivity contribution >= 4 is 5.69 Å². The van der Waals surface area contributed by atoms with Crippen LogP contribution in [0.5, 0.6) is 0 Å². The van der Waals surface area contributed by atoms with Gasteiger partial charge in [0.25, 0.3) is 0 Å². The second-order valence-corrected chi connectivity index (χ2v) is 4.61. The van der Waals surface area contributed by atoms with E-state index in [9.17, 15) is 4.39 Å². The Labute approximate surface area is 108 Å². The van der Waals surface area contributed by atoms with Gasteiger partial charge in [0.05, 0.1) is 0 Å². The molecule has 0 radical (unpaired) electrons. The third-order valence-corrected chi connectivity index (χ3v) is 3.31. The minimum Gasteiger partial charge on any atom is -0.385 e. The molecule has 4 heteroatoms. The number of benzene rings is 1. The number of halogens is 1. The summed E-state index contributed by atoms with van der Waals surface area (Å²) in [4.78, 5) is 2.22. The van der Waals surface area contributed by atoms with Gasteiger partial charge in [-0.15, -0.1) is 0 Å². The first-order chi connectivity index (χ1) is 8.81. The zero-order valence-electron chi connectivity index (χ0n) is 10.9. The van der Waals surface area contributed by atoms with Gasteiger partial charge in [0.1, 0.15) is 5.82 Å². The van der Waals surface area contributed by atoms with Gasteiger partial charge in [-0.1, -0.05) is 6.07 Å². The normalized spacial score (nSPS) is 16.0. The monoisotopic (exact) mass is 252 g/mol. The predicted molar refractivity (Wildman–Crippen MR) is 71.7 cm³/mol. The van der Waals surface area contributed by atoms with Gasteiger partial charge in [-0.25, -0.2) is 4.39 Å². The van der Waals surface area contributed by atoms with Crippen molar-refractivity contribution in [3.63, 3.8) is 0 Å². The van der Waals surface area contributed by atoms with E-state index in [2.05, 4.69) is 10.2 Å². The molecule has 1 saturated heterocycles. The number of ether oxygens (including phenoxy) is 1. The highest BCUT2D eigenvalue weighted by molar-refractivity contribution is 5.48. The number of aryl methyl sites for hydroxylation is 1. The van der Waals surface area contributed by atoms with Crippen molar-refractivity contribution in [2.24, 2.45) is 0 Å². The molecular weight excluding hydrogens is 231 g/mol. The lowest BCUT2D eigenvalue weighted by Gasteiger charge is -2.29. The van der Waals surface area contributed by atoms with Crippen LogP contribution in [0.15, 0.2) is 18.2 Å². The first-order valence-electron chi connectivity index (χ1n) is 6.54. The van der Waals surface area contributed by atoms with Crippen LogP contribution in [0.4, 0.5) is 10.1 Å². The Morgan fingerprint density at radius 3 is 2.78 bits per heavy atom. The van der Waals surface area contributed by atoms with Crippen molar-refractivity contribution in [3.05, 3.63) is 29.6 Å². The van der Waals surface area contributed by atoms with E-state index in [0.29, 0.717) is 6.61 Å². The third-order valence-electron chi connectivity index (χ3n) is 3.31. The van der Waals surface area contributed by atoms with Crippen molar-refractivity contribution in [2.45, 2.75) is 12.8 Å². The van der Waals surface area contributed by atoms with Gasteiger partial charge >= 0.3 is 0 Å². The second kappa shape index (κ2) is 6.71. The van der Waals surface area contributed by atoms with Crippen LogP contribution in [0.1, 0.15) is 12.0 Å². The Hall–Kier alpha value is -1.13. The average molecular weight is 252 g/mol. The van der Waals surface area contributed by atoms with Gasteiger partial charge in [0, 0.05) is 45.6 Å². The molecule has 0 bridgehead atoms. The van der Waals surface area contributed by atoms with Crippen molar-refractivity contribution in [2.75, 3.05) is 44.8 Å². The van der Waals surface area contributed by atoms with Gasteiger partial charge in [-0.3, -0.25) is 0 Å². The molecule has 1 fully saturated rings. The Kier molecular flexibility index (Phi) is 4.96. The fourth-order valence-electron chi connectivity index (χ4n) is 2.27. The summed E-state index contributed by atoms with van der Waals surface area (Å²) in [7, 11) is 1.67. The smallest absolute Gasteiger partial charge is 0.128 e. The summed E-state index contributed by atoms with van der Waals surface area (Å²) in [6.45, 7) is 4.51. The number of rotatable bonds is 5. The Bertz CT molecular complexity index is 378. The van der Waals surface area contributed by atoms with Gasteiger partial charge < -0.3 is 15.0 Å². The van der Waals surface area contributed by atoms with Crippen molar-refractivity contribution in [1.82, 2.24) is 5.32 Å². The van der Waals surface area contributed by atoms with Crippen LogP contribution in [-0.4, -0.2) is 39.9 Å². The summed E-state index contributed by atoms with van der Waals surface area (Å²) in [5.41, 5.74) is 1.77. The van der Waals surface area contributed by atoms with Crippen LogP contribution in [0.3, 0.4) is 0 Å². The van der Waals surface area contributed by atoms with E-state index in [1.165, 1.54) is 0 Å². The number of anilines is 1. The molecule has 0 aliphatic carbocycles. The zero-order chi connectivity index (χ0) is 12.8. The molecule has 1 aromatic carbocycles. The zero-order valence-corrected chi connectivity index (χ0v) is 10.9. The molecule has 1 aliphatic heterocycles. The van der Waals surface area contributed by atoms with Crippen LogP contribution in [0.25, 0.3) is 0 Å². The first-order valence-corrected chi connectivity index (χ1v) is 6.54. The van der Waals surface area contributed by atoms with Crippen LogP contribution in [-0.2, 0) is 11.2 Å². The summed E-state index contributed by atoms with van der Waals surface area (Å²) < 4.78 is 18.9. The number of nitrogens with one attached hydrogen (secondary N) is 1. The molecule has 1 aliphatic rings. The molecule has 1 heterocycles. The van der Waals surface area contributed by atoms with E-state index in [1.54, 1.807) is 13.2 Å². The lowest BCUT2D eigenvalue weighted by Crippen LogP contribution is -2.43. The number of piperazine rings is 1. The molecule has 1 aromatic rings. The van der Waals surface area contributed by atoms with Crippen LogP contribution < -0.4 is 10.2 Å². The Balaban J connectivity index is 1.99. The summed E-state index contributed by atoms with van der Waals surface area (Å²) in [5, 5.41) is 3.30. The third kappa shape index (κ3) is 3.43. The van der Waals surface area contributed by atoms with Gasteiger partial charge in [0.15, 0.2) is 0 Å². The summed E-state index contributed by atoms with van der Waals surface area (Å²) in [6, 6.07) is 5.59. The van der Waals surface area contributed by atoms with E-state index >= 15 is 0 Å². The molecule has 0 aromatic heterocycles. The molecule has 2 rings (SSSR count). The van der Waals surface area contributed by atoms with E-state index in [1.807, 2.05) is 12.1 Å². The van der Waals surface area contributed by atoms with E-state index in [-0.39, 0.29) is 5.82 Å². The SMILES string of the molecule is COCCCc1ccc(N2CCNCC2)cc1F. The van der Waals surface area contributed by atoms with Crippen LogP contribution in [0, 0.1) is 5.82 Å². The number of nitrogens with zero attached hydrogens (tertiary/aromatic N) is 1. The first kappa shape index (κ1) is 13.3. The molecular formula is C14H21FN2O.